The van der Waals surface area contributed by atoms with E-state index in [1.165, 1.54) is 35.5 Å². The first-order chi connectivity index (χ1) is 11.5. The summed E-state index contributed by atoms with van der Waals surface area (Å²) >= 11 is 0. The molecule has 8 heteroatoms. The summed E-state index contributed by atoms with van der Waals surface area (Å²) in [6, 6.07) is 7.89. The highest BCUT2D eigenvalue weighted by Gasteiger charge is 2.34. The molecule has 1 aliphatic rings. The number of ether oxygens (including phenoxy) is 1. The fraction of sp³-hybridized carbons (Fsp3) is 0.312. The van der Waals surface area contributed by atoms with E-state index in [1.54, 1.807) is 18.5 Å². The fourth-order valence-electron chi connectivity index (χ4n) is 2.52. The predicted octanol–water partition coefficient (Wildman–Crippen LogP) is 1.52. The van der Waals surface area contributed by atoms with Crippen molar-refractivity contribution in [3.8, 4) is 6.01 Å². The third-order valence-corrected chi connectivity index (χ3v) is 5.70. The summed E-state index contributed by atoms with van der Waals surface area (Å²) < 4.78 is 32.3. The van der Waals surface area contributed by atoms with Gasteiger partial charge in [0.15, 0.2) is 5.78 Å². The number of sulfonamides is 1. The Bertz CT molecular complexity index is 822. The predicted molar refractivity (Wildman–Crippen MR) is 86.3 cm³/mol. The lowest BCUT2D eigenvalue weighted by molar-refractivity contribution is 0.101. The zero-order chi connectivity index (χ0) is 17.2. The van der Waals surface area contributed by atoms with E-state index in [0.29, 0.717) is 18.5 Å². The molecule has 1 atom stereocenters. The average molecular weight is 347 g/mol. The van der Waals surface area contributed by atoms with Gasteiger partial charge in [0.1, 0.15) is 6.10 Å². The van der Waals surface area contributed by atoms with Crippen molar-refractivity contribution in [2.24, 2.45) is 0 Å². The van der Waals surface area contributed by atoms with Crippen LogP contribution in [-0.2, 0) is 10.0 Å². The molecule has 1 fully saturated rings. The minimum absolute atomic E-state index is 0.101. The van der Waals surface area contributed by atoms with E-state index in [2.05, 4.69) is 9.97 Å². The van der Waals surface area contributed by atoms with Crippen LogP contribution in [0.15, 0.2) is 47.6 Å². The fourth-order valence-corrected chi connectivity index (χ4v) is 4.00. The second-order valence-corrected chi connectivity index (χ2v) is 7.44. The summed E-state index contributed by atoms with van der Waals surface area (Å²) in [5, 5.41) is 0. The molecule has 1 aliphatic heterocycles. The molecule has 126 valence electrons. The molecule has 24 heavy (non-hydrogen) atoms. The number of ketones is 1. The van der Waals surface area contributed by atoms with Crippen molar-refractivity contribution in [3.05, 3.63) is 48.3 Å². The van der Waals surface area contributed by atoms with Crippen molar-refractivity contribution >= 4 is 15.8 Å². The zero-order valence-corrected chi connectivity index (χ0v) is 13.9. The first-order valence-electron chi connectivity index (χ1n) is 7.51. The average Bonchev–Trinajstić information content (AvgIpc) is 3.05. The Balaban J connectivity index is 1.71. The van der Waals surface area contributed by atoms with E-state index >= 15 is 0 Å². The van der Waals surface area contributed by atoms with Crippen LogP contribution < -0.4 is 4.74 Å². The number of benzene rings is 1. The molecule has 7 nitrogen and oxygen atoms in total. The molecular weight excluding hydrogens is 330 g/mol. The van der Waals surface area contributed by atoms with Crippen molar-refractivity contribution < 1.29 is 17.9 Å². The first-order valence-corrected chi connectivity index (χ1v) is 8.95. The van der Waals surface area contributed by atoms with Gasteiger partial charge in [0.2, 0.25) is 10.0 Å². The van der Waals surface area contributed by atoms with Gasteiger partial charge in [0.05, 0.1) is 11.4 Å². The maximum atomic E-state index is 12.7. The number of hydrogen-bond acceptors (Lipinski definition) is 6. The molecular formula is C16H17N3O4S. The van der Waals surface area contributed by atoms with Gasteiger partial charge < -0.3 is 4.74 Å². The van der Waals surface area contributed by atoms with Crippen LogP contribution in [0.1, 0.15) is 23.7 Å². The summed E-state index contributed by atoms with van der Waals surface area (Å²) in [7, 11) is -3.61. The van der Waals surface area contributed by atoms with Gasteiger partial charge in [-0.15, -0.1) is 0 Å². The number of carbonyl (C=O) groups excluding carboxylic acids is 1. The third kappa shape index (κ3) is 3.44. The van der Waals surface area contributed by atoms with E-state index in [1.807, 2.05) is 0 Å². The molecule has 1 aromatic heterocycles. The molecule has 0 amide bonds. The van der Waals surface area contributed by atoms with Crippen LogP contribution in [-0.4, -0.2) is 47.7 Å². The lowest BCUT2D eigenvalue weighted by Gasteiger charge is -2.17. The van der Waals surface area contributed by atoms with Crippen molar-refractivity contribution in [3.63, 3.8) is 0 Å². The van der Waals surface area contributed by atoms with Gasteiger partial charge in [-0.25, -0.2) is 18.4 Å². The van der Waals surface area contributed by atoms with E-state index in [9.17, 15) is 13.2 Å². The highest BCUT2D eigenvalue weighted by molar-refractivity contribution is 7.89. The van der Waals surface area contributed by atoms with Gasteiger partial charge in [-0.2, -0.15) is 4.31 Å². The maximum absolute atomic E-state index is 12.7. The summed E-state index contributed by atoms with van der Waals surface area (Å²) in [5.74, 6) is -0.101. The number of carbonyl (C=O) groups is 1. The molecule has 0 N–H and O–H groups in total. The van der Waals surface area contributed by atoms with Crippen LogP contribution in [0, 0.1) is 0 Å². The summed E-state index contributed by atoms with van der Waals surface area (Å²) in [6.07, 6.45) is 3.44. The van der Waals surface area contributed by atoms with Crippen molar-refractivity contribution in [2.45, 2.75) is 24.3 Å². The van der Waals surface area contributed by atoms with Crippen LogP contribution in [0.25, 0.3) is 0 Å². The molecule has 0 radical (unpaired) electrons. The van der Waals surface area contributed by atoms with E-state index < -0.39 is 10.0 Å². The Labute approximate surface area is 140 Å². The number of aromatic nitrogens is 2. The van der Waals surface area contributed by atoms with Crippen LogP contribution in [0.2, 0.25) is 0 Å². The molecule has 2 aromatic rings. The second-order valence-electron chi connectivity index (χ2n) is 5.50. The van der Waals surface area contributed by atoms with Crippen molar-refractivity contribution in [1.82, 2.24) is 14.3 Å². The quantitative estimate of drug-likeness (QED) is 0.762. The van der Waals surface area contributed by atoms with Gasteiger partial charge >= 0.3 is 6.01 Å². The lowest BCUT2D eigenvalue weighted by atomic mass is 10.2. The topological polar surface area (TPSA) is 89.5 Å². The van der Waals surface area contributed by atoms with E-state index in [0.717, 1.165) is 0 Å². The molecule has 0 aliphatic carbocycles. The molecule has 0 bridgehead atoms. The largest absolute Gasteiger partial charge is 0.459 e. The molecule has 3 rings (SSSR count). The Kier molecular flexibility index (Phi) is 4.59. The van der Waals surface area contributed by atoms with Crippen LogP contribution in [0.4, 0.5) is 0 Å². The smallest absolute Gasteiger partial charge is 0.316 e. The lowest BCUT2D eigenvalue weighted by Crippen LogP contribution is -2.31. The van der Waals surface area contributed by atoms with E-state index in [-0.39, 0.29) is 29.3 Å². The van der Waals surface area contributed by atoms with Gasteiger partial charge in [-0.05, 0) is 31.5 Å². The minimum atomic E-state index is -3.61. The monoisotopic (exact) mass is 347 g/mol. The number of hydrogen-bond donors (Lipinski definition) is 0. The van der Waals surface area contributed by atoms with Gasteiger partial charge in [0.25, 0.3) is 0 Å². The Hall–Kier alpha value is -2.32. The molecule has 0 spiro atoms. The molecule has 0 saturated carbocycles. The zero-order valence-electron chi connectivity index (χ0n) is 13.1. The molecule has 1 aromatic carbocycles. The number of nitrogens with zero attached hydrogens (tertiary/aromatic N) is 3. The minimum Gasteiger partial charge on any atom is -0.459 e. The van der Waals surface area contributed by atoms with Crippen LogP contribution >= 0.6 is 0 Å². The Morgan fingerprint density at radius 1 is 1.21 bits per heavy atom. The number of rotatable bonds is 5. The standard InChI is InChI=1S/C16H17N3O4S/c1-12(20)13-3-5-15(6-4-13)24(21,22)19-10-7-14(11-19)23-16-17-8-2-9-18-16/h2-6,8-9,14H,7,10-11H2,1H3/t14-/m0/s1. The van der Waals surface area contributed by atoms with E-state index in [4.69, 9.17) is 4.74 Å². The highest BCUT2D eigenvalue weighted by atomic mass is 32.2. The van der Waals surface area contributed by atoms with Crippen LogP contribution in [0.5, 0.6) is 6.01 Å². The van der Waals surface area contributed by atoms with Gasteiger partial charge in [0, 0.05) is 24.5 Å². The highest BCUT2D eigenvalue weighted by Crippen LogP contribution is 2.23. The van der Waals surface area contributed by atoms with Crippen molar-refractivity contribution in [2.75, 3.05) is 13.1 Å². The second kappa shape index (κ2) is 6.66. The number of Topliss-reactive ketones (excluding diaryl/α,β-unsaturated/α-hetero) is 1. The Morgan fingerprint density at radius 2 is 1.88 bits per heavy atom. The summed E-state index contributed by atoms with van der Waals surface area (Å²) in [4.78, 5) is 19.4. The normalized spacial score (nSPS) is 18.5. The van der Waals surface area contributed by atoms with Crippen LogP contribution in [0.3, 0.4) is 0 Å². The molecule has 1 saturated heterocycles. The first kappa shape index (κ1) is 16.5. The molecule has 0 unspecified atom stereocenters. The SMILES string of the molecule is CC(=O)c1ccc(S(=O)(=O)N2CC[C@H](Oc3ncccn3)C2)cc1. The summed E-state index contributed by atoms with van der Waals surface area (Å²) in [5.41, 5.74) is 0.484. The summed E-state index contributed by atoms with van der Waals surface area (Å²) in [6.45, 7) is 2.06. The maximum Gasteiger partial charge on any atom is 0.316 e. The third-order valence-electron chi connectivity index (χ3n) is 3.82. The molecule has 2 heterocycles. The van der Waals surface area contributed by atoms with Gasteiger partial charge in [-0.1, -0.05) is 12.1 Å². The Morgan fingerprint density at radius 3 is 2.50 bits per heavy atom. The van der Waals surface area contributed by atoms with Gasteiger partial charge in [-0.3, -0.25) is 4.79 Å². The van der Waals surface area contributed by atoms with Crippen molar-refractivity contribution in [1.29, 1.82) is 0 Å².